The average Bonchev–Trinajstić information content (AvgIpc) is 2.99. The second-order valence-electron chi connectivity index (χ2n) is 4.18. The minimum absolute atomic E-state index is 0. The van der Waals surface area contributed by atoms with Gasteiger partial charge in [0.05, 0.1) is 5.54 Å². The molecule has 1 saturated carbocycles. The summed E-state index contributed by atoms with van der Waals surface area (Å²) in [6, 6.07) is 6.40. The lowest BCUT2D eigenvalue weighted by Crippen LogP contribution is -2.35. The van der Waals surface area contributed by atoms with Gasteiger partial charge in [0.25, 0.3) is 0 Å². The number of carbonyl (C=O) groups excluding carboxylic acids is 1. The fourth-order valence-electron chi connectivity index (χ4n) is 1.86. The molecule has 1 aromatic carbocycles. The number of halogens is 2. The van der Waals surface area contributed by atoms with Crippen molar-refractivity contribution < 1.29 is 9.18 Å². The molecule has 1 fully saturated rings. The molecule has 0 atom stereocenters. The molecule has 17 heavy (non-hydrogen) atoms. The summed E-state index contributed by atoms with van der Waals surface area (Å²) in [6.07, 6.45) is 2.05. The summed E-state index contributed by atoms with van der Waals surface area (Å²) in [5.41, 5.74) is 5.82. The Morgan fingerprint density at radius 1 is 1.47 bits per heavy atom. The van der Waals surface area contributed by atoms with Crippen LogP contribution in [-0.4, -0.2) is 12.5 Å². The van der Waals surface area contributed by atoms with Crippen LogP contribution in [-0.2, 0) is 10.3 Å². The van der Waals surface area contributed by atoms with Crippen LogP contribution in [0, 0.1) is 5.82 Å². The van der Waals surface area contributed by atoms with E-state index in [0.717, 1.165) is 18.4 Å². The predicted molar refractivity (Wildman–Crippen MR) is 66.4 cm³/mol. The van der Waals surface area contributed by atoms with Crippen molar-refractivity contribution >= 4 is 18.3 Å². The summed E-state index contributed by atoms with van der Waals surface area (Å²) in [5.74, 6) is -0.332. The fraction of sp³-hybridized carbons (Fsp3) is 0.417. The molecule has 1 aliphatic rings. The van der Waals surface area contributed by atoms with Gasteiger partial charge in [-0.05, 0) is 30.5 Å². The first kappa shape index (κ1) is 13.9. The Balaban J connectivity index is 0.00000144. The van der Waals surface area contributed by atoms with Crippen molar-refractivity contribution in [1.82, 2.24) is 5.32 Å². The van der Waals surface area contributed by atoms with E-state index in [1.807, 2.05) is 6.07 Å². The van der Waals surface area contributed by atoms with Crippen molar-refractivity contribution in [2.75, 3.05) is 6.54 Å². The number of nitrogens with two attached hydrogens (primary N) is 1. The number of rotatable bonds is 4. The van der Waals surface area contributed by atoms with Gasteiger partial charge in [0.2, 0.25) is 5.91 Å². The van der Waals surface area contributed by atoms with Crippen LogP contribution in [0.25, 0.3) is 0 Å². The summed E-state index contributed by atoms with van der Waals surface area (Å²) in [7, 11) is 0. The third-order valence-corrected chi connectivity index (χ3v) is 2.88. The van der Waals surface area contributed by atoms with Crippen molar-refractivity contribution in [3.8, 4) is 0 Å². The molecule has 1 amide bonds. The van der Waals surface area contributed by atoms with Crippen LogP contribution in [0.1, 0.15) is 24.8 Å². The van der Waals surface area contributed by atoms with Crippen molar-refractivity contribution in [2.45, 2.75) is 24.8 Å². The molecule has 3 nitrogen and oxygen atoms in total. The Bertz CT molecular complexity index is 407. The van der Waals surface area contributed by atoms with Crippen LogP contribution in [0.5, 0.6) is 0 Å². The van der Waals surface area contributed by atoms with Crippen molar-refractivity contribution in [3.63, 3.8) is 0 Å². The highest BCUT2D eigenvalue weighted by molar-refractivity contribution is 5.85. The first-order valence-corrected chi connectivity index (χ1v) is 5.43. The molecule has 1 aliphatic carbocycles. The molecular formula is C12H16ClFN2O. The molecule has 0 aromatic heterocycles. The van der Waals surface area contributed by atoms with Crippen LogP contribution in [0.3, 0.4) is 0 Å². The third kappa shape index (κ3) is 3.17. The summed E-state index contributed by atoms with van der Waals surface area (Å²) < 4.78 is 13.1. The van der Waals surface area contributed by atoms with Crippen molar-refractivity contribution in [2.24, 2.45) is 5.73 Å². The fourth-order valence-corrected chi connectivity index (χ4v) is 1.86. The zero-order chi connectivity index (χ0) is 11.6. The van der Waals surface area contributed by atoms with Gasteiger partial charge >= 0.3 is 0 Å². The Hall–Kier alpha value is -1.13. The van der Waals surface area contributed by atoms with Gasteiger partial charge in [-0.25, -0.2) is 4.39 Å². The number of nitrogens with one attached hydrogen (secondary N) is 1. The van der Waals surface area contributed by atoms with E-state index < -0.39 is 0 Å². The van der Waals surface area contributed by atoms with E-state index in [-0.39, 0.29) is 29.7 Å². The first-order valence-electron chi connectivity index (χ1n) is 5.43. The number of carbonyl (C=O) groups is 1. The molecule has 5 heteroatoms. The highest BCUT2D eigenvalue weighted by atomic mass is 35.5. The van der Waals surface area contributed by atoms with E-state index in [0.29, 0.717) is 13.0 Å². The van der Waals surface area contributed by atoms with Gasteiger partial charge in [0.1, 0.15) is 5.82 Å². The van der Waals surface area contributed by atoms with E-state index in [1.54, 1.807) is 6.07 Å². The summed E-state index contributed by atoms with van der Waals surface area (Å²) in [5, 5.41) is 2.93. The average molecular weight is 259 g/mol. The van der Waals surface area contributed by atoms with Gasteiger partial charge in [0.15, 0.2) is 0 Å². The summed E-state index contributed by atoms with van der Waals surface area (Å²) >= 11 is 0. The van der Waals surface area contributed by atoms with Crippen LogP contribution < -0.4 is 11.1 Å². The SMILES string of the molecule is Cl.NCCC(=O)NC1(c2cccc(F)c2)CC1. The van der Waals surface area contributed by atoms with Crippen LogP contribution in [0.2, 0.25) is 0 Å². The Morgan fingerprint density at radius 3 is 2.71 bits per heavy atom. The molecular weight excluding hydrogens is 243 g/mol. The highest BCUT2D eigenvalue weighted by Crippen LogP contribution is 2.45. The van der Waals surface area contributed by atoms with Gasteiger partial charge < -0.3 is 11.1 Å². The minimum atomic E-state index is -0.339. The highest BCUT2D eigenvalue weighted by Gasteiger charge is 2.45. The van der Waals surface area contributed by atoms with Crippen LogP contribution >= 0.6 is 12.4 Å². The molecule has 0 aliphatic heterocycles. The number of hydrogen-bond donors (Lipinski definition) is 2. The molecule has 94 valence electrons. The molecule has 3 N–H and O–H groups in total. The molecule has 0 heterocycles. The summed E-state index contributed by atoms with van der Waals surface area (Å²) in [4.78, 5) is 11.5. The van der Waals surface area contributed by atoms with E-state index in [2.05, 4.69) is 5.32 Å². The smallest absolute Gasteiger partial charge is 0.221 e. The lowest BCUT2D eigenvalue weighted by molar-refractivity contribution is -0.121. The lowest BCUT2D eigenvalue weighted by atomic mass is 10.0. The number of hydrogen-bond acceptors (Lipinski definition) is 2. The maximum Gasteiger partial charge on any atom is 0.221 e. The van der Waals surface area contributed by atoms with Crippen molar-refractivity contribution in [3.05, 3.63) is 35.6 Å². The zero-order valence-electron chi connectivity index (χ0n) is 9.41. The number of benzene rings is 1. The molecule has 1 aromatic rings. The topological polar surface area (TPSA) is 55.1 Å². The Labute approximate surface area is 106 Å². The van der Waals surface area contributed by atoms with E-state index in [9.17, 15) is 9.18 Å². The van der Waals surface area contributed by atoms with E-state index >= 15 is 0 Å². The maximum absolute atomic E-state index is 13.1. The maximum atomic E-state index is 13.1. The number of amides is 1. The lowest BCUT2D eigenvalue weighted by Gasteiger charge is -2.17. The molecule has 0 saturated heterocycles. The van der Waals surface area contributed by atoms with Gasteiger partial charge in [-0.3, -0.25) is 4.79 Å². The normalized spacial score (nSPS) is 15.9. The second-order valence-corrected chi connectivity index (χ2v) is 4.18. The summed E-state index contributed by atoms with van der Waals surface area (Å²) in [6.45, 7) is 0.338. The van der Waals surface area contributed by atoms with Gasteiger partial charge in [0, 0.05) is 13.0 Å². The zero-order valence-corrected chi connectivity index (χ0v) is 10.2. The predicted octanol–water partition coefficient (Wildman–Crippen LogP) is 1.70. The molecule has 0 unspecified atom stereocenters. The first-order chi connectivity index (χ1) is 7.66. The monoisotopic (exact) mass is 258 g/mol. The molecule has 0 bridgehead atoms. The Kier molecular flexibility index (Phi) is 4.48. The Morgan fingerprint density at radius 2 is 2.18 bits per heavy atom. The largest absolute Gasteiger partial charge is 0.347 e. The standard InChI is InChI=1S/C12H15FN2O.ClH/c13-10-3-1-2-9(8-10)12(5-6-12)15-11(16)4-7-14;/h1-3,8H,4-7,14H2,(H,15,16);1H. The minimum Gasteiger partial charge on any atom is -0.347 e. The third-order valence-electron chi connectivity index (χ3n) is 2.88. The van der Waals surface area contributed by atoms with Gasteiger partial charge in [-0.15, -0.1) is 12.4 Å². The van der Waals surface area contributed by atoms with Gasteiger partial charge in [-0.1, -0.05) is 12.1 Å². The molecule has 0 spiro atoms. The van der Waals surface area contributed by atoms with Gasteiger partial charge in [-0.2, -0.15) is 0 Å². The van der Waals surface area contributed by atoms with Crippen molar-refractivity contribution in [1.29, 1.82) is 0 Å². The van der Waals surface area contributed by atoms with Crippen LogP contribution in [0.4, 0.5) is 4.39 Å². The van der Waals surface area contributed by atoms with E-state index in [4.69, 9.17) is 5.73 Å². The van der Waals surface area contributed by atoms with Crippen LogP contribution in [0.15, 0.2) is 24.3 Å². The van der Waals surface area contributed by atoms with E-state index in [1.165, 1.54) is 12.1 Å². The molecule has 0 radical (unpaired) electrons. The molecule has 2 rings (SSSR count). The second kappa shape index (κ2) is 5.47. The quantitative estimate of drug-likeness (QED) is 0.864.